The summed E-state index contributed by atoms with van der Waals surface area (Å²) in [5, 5.41) is 3.35. The molecule has 3 fully saturated rings. The highest BCUT2D eigenvalue weighted by Gasteiger charge is 2.42. The van der Waals surface area contributed by atoms with E-state index in [1.165, 1.54) is 6.42 Å². The second-order valence-electron chi connectivity index (χ2n) is 7.09. The zero-order valence-corrected chi connectivity index (χ0v) is 14.4. The van der Waals surface area contributed by atoms with E-state index in [2.05, 4.69) is 22.1 Å². The van der Waals surface area contributed by atoms with Gasteiger partial charge in [-0.15, -0.1) is 0 Å². The van der Waals surface area contributed by atoms with Gasteiger partial charge in [-0.05, 0) is 39.0 Å². The van der Waals surface area contributed by atoms with E-state index in [1.807, 2.05) is 4.90 Å². The average molecular weight is 322 g/mol. The van der Waals surface area contributed by atoms with E-state index in [0.29, 0.717) is 5.41 Å². The molecule has 1 N–H and O–H groups in total. The highest BCUT2D eigenvalue weighted by molar-refractivity contribution is 5.85. The zero-order chi connectivity index (χ0) is 16.1. The van der Waals surface area contributed by atoms with Crippen molar-refractivity contribution in [2.24, 2.45) is 10.4 Å². The number of nitrogens with one attached hydrogen (secondary N) is 1. The van der Waals surface area contributed by atoms with E-state index in [1.54, 1.807) is 0 Å². The molecule has 23 heavy (non-hydrogen) atoms. The standard InChI is InChI=1S/C17H30N4O2/c1-2-18-16(19-12-15(22)20-8-4-3-5-9-20)21-10-6-17(13-21)7-11-23-14-17/h2-14H2,1H3,(H,18,19). The minimum Gasteiger partial charge on any atom is -0.381 e. The maximum absolute atomic E-state index is 12.3. The van der Waals surface area contributed by atoms with Crippen molar-refractivity contribution in [3.8, 4) is 0 Å². The van der Waals surface area contributed by atoms with Crippen LogP contribution in [0.4, 0.5) is 0 Å². The van der Waals surface area contributed by atoms with E-state index in [0.717, 1.165) is 77.6 Å². The number of nitrogens with zero attached hydrogens (tertiary/aromatic N) is 3. The lowest BCUT2D eigenvalue weighted by Crippen LogP contribution is -2.43. The molecule has 3 saturated heterocycles. The molecular formula is C17H30N4O2. The molecule has 0 aromatic carbocycles. The SMILES string of the molecule is CCNC(=NCC(=O)N1CCCCC1)N1CCC2(CCOC2)C1. The number of aliphatic imine (C=N–C) groups is 1. The molecule has 0 aromatic rings. The van der Waals surface area contributed by atoms with Gasteiger partial charge >= 0.3 is 0 Å². The van der Waals surface area contributed by atoms with Crippen molar-refractivity contribution in [1.82, 2.24) is 15.1 Å². The maximum atomic E-state index is 12.3. The molecule has 1 amide bonds. The number of ether oxygens (including phenoxy) is 1. The van der Waals surface area contributed by atoms with Crippen molar-refractivity contribution in [3.05, 3.63) is 0 Å². The summed E-state index contributed by atoms with van der Waals surface area (Å²) in [4.78, 5) is 21.2. The van der Waals surface area contributed by atoms with Crippen LogP contribution in [0.5, 0.6) is 0 Å². The van der Waals surface area contributed by atoms with Gasteiger partial charge in [-0.2, -0.15) is 0 Å². The summed E-state index contributed by atoms with van der Waals surface area (Å²) in [5.41, 5.74) is 0.313. The summed E-state index contributed by atoms with van der Waals surface area (Å²) >= 11 is 0. The third kappa shape index (κ3) is 3.97. The van der Waals surface area contributed by atoms with Crippen LogP contribution < -0.4 is 5.32 Å². The van der Waals surface area contributed by atoms with Gasteiger partial charge in [0.15, 0.2) is 5.96 Å². The van der Waals surface area contributed by atoms with Gasteiger partial charge in [0, 0.05) is 44.7 Å². The number of rotatable bonds is 3. The molecule has 0 aromatic heterocycles. The molecule has 1 unspecified atom stereocenters. The zero-order valence-electron chi connectivity index (χ0n) is 14.4. The van der Waals surface area contributed by atoms with Gasteiger partial charge in [-0.3, -0.25) is 4.79 Å². The topological polar surface area (TPSA) is 57.2 Å². The fourth-order valence-electron chi connectivity index (χ4n) is 3.90. The van der Waals surface area contributed by atoms with E-state index in [-0.39, 0.29) is 12.5 Å². The number of amides is 1. The molecule has 3 heterocycles. The van der Waals surface area contributed by atoms with Gasteiger partial charge in [0.1, 0.15) is 6.54 Å². The lowest BCUT2D eigenvalue weighted by Gasteiger charge is -2.27. The smallest absolute Gasteiger partial charge is 0.244 e. The average Bonchev–Trinajstić information content (AvgIpc) is 3.22. The first-order chi connectivity index (χ1) is 11.2. The van der Waals surface area contributed by atoms with Crippen LogP contribution in [-0.2, 0) is 9.53 Å². The van der Waals surface area contributed by atoms with Crippen LogP contribution in [-0.4, -0.2) is 74.1 Å². The molecule has 0 saturated carbocycles. The quantitative estimate of drug-likeness (QED) is 0.624. The Hall–Kier alpha value is -1.30. The van der Waals surface area contributed by atoms with Crippen LogP contribution in [0.2, 0.25) is 0 Å². The Morgan fingerprint density at radius 2 is 2.00 bits per heavy atom. The molecule has 130 valence electrons. The third-order valence-corrected chi connectivity index (χ3v) is 5.33. The Kier molecular flexibility index (Phi) is 5.41. The fourth-order valence-corrected chi connectivity index (χ4v) is 3.90. The molecule has 6 nitrogen and oxygen atoms in total. The van der Waals surface area contributed by atoms with Crippen molar-refractivity contribution < 1.29 is 9.53 Å². The van der Waals surface area contributed by atoms with Gasteiger partial charge in [0.25, 0.3) is 0 Å². The Labute approximate surface area is 139 Å². The van der Waals surface area contributed by atoms with Gasteiger partial charge in [0.2, 0.25) is 5.91 Å². The predicted molar refractivity (Wildman–Crippen MR) is 90.5 cm³/mol. The summed E-state index contributed by atoms with van der Waals surface area (Å²) < 4.78 is 5.60. The molecule has 3 aliphatic rings. The predicted octanol–water partition coefficient (Wildman–Crippen LogP) is 1.08. The number of piperidine rings is 1. The minimum atomic E-state index is 0.165. The first-order valence-electron chi connectivity index (χ1n) is 9.11. The maximum Gasteiger partial charge on any atom is 0.244 e. The lowest BCUT2D eigenvalue weighted by atomic mass is 9.87. The first-order valence-corrected chi connectivity index (χ1v) is 9.11. The summed E-state index contributed by atoms with van der Waals surface area (Å²) in [6, 6.07) is 0. The summed E-state index contributed by atoms with van der Waals surface area (Å²) in [6.45, 7) is 8.73. The lowest BCUT2D eigenvalue weighted by molar-refractivity contribution is -0.130. The minimum absolute atomic E-state index is 0.165. The Morgan fingerprint density at radius 3 is 2.70 bits per heavy atom. The second-order valence-corrected chi connectivity index (χ2v) is 7.09. The number of guanidine groups is 1. The van der Waals surface area contributed by atoms with Crippen LogP contribution in [0.25, 0.3) is 0 Å². The van der Waals surface area contributed by atoms with Crippen LogP contribution >= 0.6 is 0 Å². The second kappa shape index (κ2) is 7.51. The number of carbonyl (C=O) groups excluding carboxylic acids is 1. The largest absolute Gasteiger partial charge is 0.381 e. The Morgan fingerprint density at radius 1 is 1.17 bits per heavy atom. The molecule has 6 heteroatoms. The number of hydrogen-bond acceptors (Lipinski definition) is 3. The van der Waals surface area contributed by atoms with Crippen molar-refractivity contribution in [2.45, 2.75) is 39.0 Å². The number of likely N-dealkylation sites (tertiary alicyclic amines) is 2. The van der Waals surface area contributed by atoms with Crippen molar-refractivity contribution in [2.75, 3.05) is 52.5 Å². The molecular weight excluding hydrogens is 292 g/mol. The van der Waals surface area contributed by atoms with E-state index in [4.69, 9.17) is 4.74 Å². The van der Waals surface area contributed by atoms with Crippen molar-refractivity contribution in [3.63, 3.8) is 0 Å². The molecule has 3 aliphatic heterocycles. The summed E-state index contributed by atoms with van der Waals surface area (Å²) in [5.74, 6) is 1.06. The van der Waals surface area contributed by atoms with Crippen LogP contribution in [0.3, 0.4) is 0 Å². The molecule has 1 spiro atoms. The summed E-state index contributed by atoms with van der Waals surface area (Å²) in [7, 11) is 0. The third-order valence-electron chi connectivity index (χ3n) is 5.33. The number of hydrogen-bond donors (Lipinski definition) is 1. The van der Waals surface area contributed by atoms with Gasteiger partial charge in [-0.1, -0.05) is 0 Å². The van der Waals surface area contributed by atoms with Gasteiger partial charge < -0.3 is 19.9 Å². The van der Waals surface area contributed by atoms with Crippen molar-refractivity contribution >= 4 is 11.9 Å². The molecule has 0 aliphatic carbocycles. The Balaban J connectivity index is 1.58. The monoisotopic (exact) mass is 322 g/mol. The molecule has 1 atom stereocenters. The van der Waals surface area contributed by atoms with Crippen LogP contribution in [0.15, 0.2) is 4.99 Å². The molecule has 3 rings (SSSR count). The molecule has 0 bridgehead atoms. The van der Waals surface area contributed by atoms with Crippen molar-refractivity contribution in [1.29, 1.82) is 0 Å². The van der Waals surface area contributed by atoms with E-state index < -0.39 is 0 Å². The summed E-state index contributed by atoms with van der Waals surface area (Å²) in [6.07, 6.45) is 5.81. The van der Waals surface area contributed by atoms with Crippen LogP contribution in [0, 0.1) is 5.41 Å². The molecule has 0 radical (unpaired) electrons. The van der Waals surface area contributed by atoms with Gasteiger partial charge in [-0.25, -0.2) is 4.99 Å². The van der Waals surface area contributed by atoms with Crippen LogP contribution in [0.1, 0.15) is 39.0 Å². The van der Waals surface area contributed by atoms with E-state index in [9.17, 15) is 4.79 Å². The van der Waals surface area contributed by atoms with Gasteiger partial charge in [0.05, 0.1) is 6.61 Å². The number of carbonyl (C=O) groups is 1. The fraction of sp³-hybridized carbons (Fsp3) is 0.882. The van der Waals surface area contributed by atoms with E-state index >= 15 is 0 Å². The normalized spacial score (nSPS) is 28.7. The highest BCUT2D eigenvalue weighted by atomic mass is 16.5. The highest BCUT2D eigenvalue weighted by Crippen LogP contribution is 2.38. The Bertz CT molecular complexity index is 440. The first kappa shape index (κ1) is 16.6.